The molecule has 3 rings (SSSR count). The molecule has 138 valence electrons. The number of hydrogen-bond donors (Lipinski definition) is 1. The molecule has 0 atom stereocenters. The van der Waals surface area contributed by atoms with Crippen molar-refractivity contribution < 1.29 is 19.1 Å². The first-order valence-corrected chi connectivity index (χ1v) is 8.64. The van der Waals surface area contributed by atoms with Gasteiger partial charge in [-0.15, -0.1) is 0 Å². The van der Waals surface area contributed by atoms with Crippen molar-refractivity contribution in [1.82, 2.24) is 9.97 Å². The number of imidazole rings is 1. The van der Waals surface area contributed by atoms with E-state index < -0.39 is 5.97 Å². The lowest BCUT2D eigenvalue weighted by atomic mass is 10.0. The predicted octanol–water partition coefficient (Wildman–Crippen LogP) is 4.05. The highest BCUT2D eigenvalue weighted by Crippen LogP contribution is 2.31. The first kappa shape index (κ1) is 18.7. The van der Waals surface area contributed by atoms with Crippen LogP contribution in [0, 0.1) is 0 Å². The molecule has 1 heterocycles. The molecule has 0 saturated heterocycles. The van der Waals surface area contributed by atoms with Crippen LogP contribution in [0.5, 0.6) is 5.75 Å². The molecule has 7 heteroatoms. The summed E-state index contributed by atoms with van der Waals surface area (Å²) >= 11 is 6.26. The maximum atomic E-state index is 12.0. The van der Waals surface area contributed by atoms with E-state index in [2.05, 4.69) is 9.97 Å². The molecular weight excluding hydrogens is 368 g/mol. The molecule has 1 N–H and O–H groups in total. The normalized spacial score (nSPS) is 10.4. The topological polar surface area (TPSA) is 81.3 Å². The third kappa shape index (κ3) is 4.95. The van der Waals surface area contributed by atoms with Crippen LogP contribution in [-0.2, 0) is 16.0 Å². The fourth-order valence-corrected chi connectivity index (χ4v) is 2.68. The van der Waals surface area contributed by atoms with Crippen molar-refractivity contribution in [2.45, 2.75) is 13.3 Å². The largest absolute Gasteiger partial charge is 0.466 e. The van der Waals surface area contributed by atoms with Gasteiger partial charge in [0.05, 0.1) is 18.0 Å². The predicted molar refractivity (Wildman–Crippen MR) is 101 cm³/mol. The van der Waals surface area contributed by atoms with Crippen LogP contribution < -0.4 is 4.74 Å². The van der Waals surface area contributed by atoms with Gasteiger partial charge >= 0.3 is 11.9 Å². The van der Waals surface area contributed by atoms with Gasteiger partial charge in [0.1, 0.15) is 5.75 Å². The van der Waals surface area contributed by atoms with Crippen molar-refractivity contribution in [2.24, 2.45) is 0 Å². The summed E-state index contributed by atoms with van der Waals surface area (Å²) in [6, 6.07) is 13.1. The molecule has 1 aromatic heterocycles. The van der Waals surface area contributed by atoms with Crippen LogP contribution in [0.15, 0.2) is 55.0 Å². The summed E-state index contributed by atoms with van der Waals surface area (Å²) in [5.74, 6) is -0.594. The number of halogens is 1. The fourth-order valence-electron chi connectivity index (χ4n) is 2.46. The Hall–Kier alpha value is -3.12. The summed E-state index contributed by atoms with van der Waals surface area (Å²) in [7, 11) is 0. The molecule has 0 bridgehead atoms. The number of esters is 2. The van der Waals surface area contributed by atoms with E-state index in [0.717, 1.165) is 16.7 Å². The number of hydrogen-bond acceptors (Lipinski definition) is 5. The Morgan fingerprint density at radius 2 is 1.85 bits per heavy atom. The SMILES string of the molecule is CC(=O)OCCc1ccc(-c2ccc(OC(=O)c3c[nH]cn3)c(Cl)c2)cc1. The molecule has 0 aliphatic carbocycles. The molecule has 0 aliphatic heterocycles. The molecule has 0 fully saturated rings. The number of carbonyl (C=O) groups excluding carboxylic acids is 2. The van der Waals surface area contributed by atoms with Gasteiger partial charge in [-0.05, 0) is 28.8 Å². The molecule has 0 spiro atoms. The first-order chi connectivity index (χ1) is 13.0. The van der Waals surface area contributed by atoms with Gasteiger partial charge in [-0.25, -0.2) is 9.78 Å². The summed E-state index contributed by atoms with van der Waals surface area (Å²) in [5, 5.41) is 0.329. The second-order valence-corrected chi connectivity index (χ2v) is 6.18. The highest BCUT2D eigenvalue weighted by atomic mass is 35.5. The van der Waals surface area contributed by atoms with Crippen molar-refractivity contribution in [2.75, 3.05) is 6.61 Å². The molecule has 0 aliphatic rings. The van der Waals surface area contributed by atoms with Crippen molar-refractivity contribution in [3.8, 4) is 16.9 Å². The first-order valence-electron chi connectivity index (χ1n) is 8.26. The molecule has 0 saturated carbocycles. The van der Waals surface area contributed by atoms with Crippen molar-refractivity contribution in [3.05, 3.63) is 71.3 Å². The number of ether oxygens (including phenoxy) is 2. The average Bonchev–Trinajstić information content (AvgIpc) is 3.18. The highest BCUT2D eigenvalue weighted by molar-refractivity contribution is 6.32. The van der Waals surface area contributed by atoms with E-state index >= 15 is 0 Å². The van der Waals surface area contributed by atoms with Crippen molar-refractivity contribution in [3.63, 3.8) is 0 Å². The number of benzene rings is 2. The lowest BCUT2D eigenvalue weighted by molar-refractivity contribution is -0.140. The smallest absolute Gasteiger partial charge is 0.363 e. The number of nitrogens with zero attached hydrogens (tertiary/aromatic N) is 1. The van der Waals surface area contributed by atoms with E-state index in [9.17, 15) is 9.59 Å². The Kier molecular flexibility index (Phi) is 5.88. The van der Waals surface area contributed by atoms with Gasteiger partial charge in [0.2, 0.25) is 0 Å². The van der Waals surface area contributed by atoms with E-state index in [0.29, 0.717) is 18.1 Å². The Morgan fingerprint density at radius 1 is 1.11 bits per heavy atom. The Morgan fingerprint density at radius 3 is 2.48 bits per heavy atom. The summed E-state index contributed by atoms with van der Waals surface area (Å²) in [5.41, 5.74) is 3.11. The van der Waals surface area contributed by atoms with Gasteiger partial charge in [0.15, 0.2) is 5.69 Å². The van der Waals surface area contributed by atoms with Crippen molar-refractivity contribution in [1.29, 1.82) is 0 Å². The minimum atomic E-state index is -0.581. The van der Waals surface area contributed by atoms with Crippen LogP contribution in [0.4, 0.5) is 0 Å². The van der Waals surface area contributed by atoms with Gasteiger partial charge in [0, 0.05) is 19.5 Å². The van der Waals surface area contributed by atoms with Crippen LogP contribution >= 0.6 is 11.6 Å². The zero-order valence-electron chi connectivity index (χ0n) is 14.6. The third-order valence-electron chi connectivity index (χ3n) is 3.83. The van der Waals surface area contributed by atoms with Crippen LogP contribution in [0.2, 0.25) is 5.02 Å². The van der Waals surface area contributed by atoms with Gasteiger partial charge in [0.25, 0.3) is 0 Å². The van der Waals surface area contributed by atoms with Gasteiger partial charge < -0.3 is 14.5 Å². The third-order valence-corrected chi connectivity index (χ3v) is 4.12. The van der Waals surface area contributed by atoms with E-state index in [4.69, 9.17) is 21.1 Å². The summed E-state index contributed by atoms with van der Waals surface area (Å²) in [6.07, 6.45) is 3.51. The number of H-pyrrole nitrogens is 1. The highest BCUT2D eigenvalue weighted by Gasteiger charge is 2.13. The monoisotopic (exact) mass is 384 g/mol. The zero-order valence-corrected chi connectivity index (χ0v) is 15.3. The molecular formula is C20H17ClN2O4. The summed E-state index contributed by atoms with van der Waals surface area (Å²) < 4.78 is 10.2. The van der Waals surface area contributed by atoms with Gasteiger partial charge in [-0.2, -0.15) is 0 Å². The maximum absolute atomic E-state index is 12.0. The summed E-state index contributed by atoms with van der Waals surface area (Å²) in [6.45, 7) is 1.75. The molecule has 0 radical (unpaired) electrons. The van der Waals surface area contributed by atoms with Crippen LogP contribution in [-0.4, -0.2) is 28.5 Å². The molecule has 0 unspecified atom stereocenters. The number of carbonyl (C=O) groups is 2. The molecule has 0 amide bonds. The van der Waals surface area contributed by atoms with E-state index in [-0.39, 0.29) is 17.4 Å². The van der Waals surface area contributed by atoms with Gasteiger partial charge in [-0.1, -0.05) is 41.9 Å². The lowest BCUT2D eigenvalue weighted by Gasteiger charge is -2.08. The van der Waals surface area contributed by atoms with Crippen molar-refractivity contribution >= 4 is 23.5 Å². The molecule has 3 aromatic rings. The number of aromatic nitrogens is 2. The number of nitrogens with one attached hydrogen (secondary N) is 1. The second kappa shape index (κ2) is 8.51. The number of aromatic amines is 1. The van der Waals surface area contributed by atoms with Crippen LogP contribution in [0.1, 0.15) is 23.0 Å². The van der Waals surface area contributed by atoms with Crippen LogP contribution in [0.25, 0.3) is 11.1 Å². The quantitative estimate of drug-likeness (QED) is 0.512. The van der Waals surface area contributed by atoms with E-state index in [1.54, 1.807) is 12.1 Å². The zero-order chi connectivity index (χ0) is 19.2. The minimum absolute atomic E-state index is 0.180. The maximum Gasteiger partial charge on any atom is 0.363 e. The average molecular weight is 385 g/mol. The van der Waals surface area contributed by atoms with Gasteiger partial charge in [-0.3, -0.25) is 4.79 Å². The molecule has 27 heavy (non-hydrogen) atoms. The molecule has 6 nitrogen and oxygen atoms in total. The Labute approximate surface area is 161 Å². The fraction of sp³-hybridized carbons (Fsp3) is 0.150. The van der Waals surface area contributed by atoms with E-state index in [1.165, 1.54) is 19.4 Å². The molecule has 2 aromatic carbocycles. The Bertz CT molecular complexity index is 937. The standard InChI is InChI=1S/C20H17ClN2O4/c1-13(24)26-9-8-14-2-4-15(5-3-14)16-6-7-19(17(21)10-16)27-20(25)18-11-22-12-23-18/h2-7,10-12H,8-9H2,1H3,(H,22,23). The van der Waals surface area contributed by atoms with Crippen LogP contribution in [0.3, 0.4) is 0 Å². The Balaban J connectivity index is 1.68. The lowest BCUT2D eigenvalue weighted by Crippen LogP contribution is -2.09. The number of rotatable bonds is 6. The minimum Gasteiger partial charge on any atom is -0.466 e. The second-order valence-electron chi connectivity index (χ2n) is 5.78. The summed E-state index contributed by atoms with van der Waals surface area (Å²) in [4.78, 5) is 29.3. The van der Waals surface area contributed by atoms with E-state index in [1.807, 2.05) is 30.3 Å².